The highest BCUT2D eigenvalue weighted by Crippen LogP contribution is 2.18. The van der Waals surface area contributed by atoms with Gasteiger partial charge in [-0.1, -0.05) is 0 Å². The van der Waals surface area contributed by atoms with Gasteiger partial charge in [0.15, 0.2) is 0 Å². The quantitative estimate of drug-likeness (QED) is 0.735. The van der Waals surface area contributed by atoms with Crippen LogP contribution in [0.2, 0.25) is 0 Å². The van der Waals surface area contributed by atoms with E-state index in [0.29, 0.717) is 19.7 Å². The third-order valence-electron chi connectivity index (χ3n) is 3.02. The molecule has 2 aliphatic rings. The molecule has 2 unspecified atom stereocenters. The van der Waals surface area contributed by atoms with Gasteiger partial charge >= 0.3 is 6.09 Å². The summed E-state index contributed by atoms with van der Waals surface area (Å²) in [5.41, 5.74) is 5.58. The van der Waals surface area contributed by atoms with Crippen LogP contribution in [0.25, 0.3) is 0 Å². The highest BCUT2D eigenvalue weighted by Gasteiger charge is 2.33. The van der Waals surface area contributed by atoms with Crippen molar-refractivity contribution in [1.29, 1.82) is 0 Å². The Morgan fingerprint density at radius 1 is 1.47 bits per heavy atom. The minimum absolute atomic E-state index is 0.0306. The van der Waals surface area contributed by atoms with Gasteiger partial charge < -0.3 is 15.2 Å². The zero-order chi connectivity index (χ0) is 10.7. The Labute approximate surface area is 89.5 Å². The van der Waals surface area contributed by atoms with Crippen molar-refractivity contribution in [1.82, 2.24) is 4.90 Å². The van der Waals surface area contributed by atoms with E-state index in [-0.39, 0.29) is 18.2 Å². The largest absolute Gasteiger partial charge is 0.447 e. The van der Waals surface area contributed by atoms with Crippen LogP contribution < -0.4 is 5.73 Å². The average molecular weight is 214 g/mol. The lowest BCUT2D eigenvalue weighted by Gasteiger charge is -2.28. The van der Waals surface area contributed by atoms with Crippen molar-refractivity contribution < 1.29 is 14.3 Å². The third-order valence-corrected chi connectivity index (χ3v) is 3.02. The first-order valence-corrected chi connectivity index (χ1v) is 5.56. The third kappa shape index (κ3) is 2.41. The lowest BCUT2D eigenvalue weighted by molar-refractivity contribution is -0.00145. The molecule has 15 heavy (non-hydrogen) atoms. The minimum Gasteiger partial charge on any atom is -0.447 e. The van der Waals surface area contributed by atoms with Gasteiger partial charge in [0.2, 0.25) is 0 Å². The molecule has 2 rings (SSSR count). The molecule has 2 saturated heterocycles. The molecule has 0 aromatic rings. The number of amides is 1. The SMILES string of the molecule is NCC1COC(=O)N1CC1CCCCO1. The van der Waals surface area contributed by atoms with E-state index in [0.717, 1.165) is 19.4 Å². The monoisotopic (exact) mass is 214 g/mol. The van der Waals surface area contributed by atoms with Crippen molar-refractivity contribution in [2.45, 2.75) is 31.4 Å². The van der Waals surface area contributed by atoms with Crippen LogP contribution in [0.1, 0.15) is 19.3 Å². The van der Waals surface area contributed by atoms with Gasteiger partial charge in [-0.3, -0.25) is 4.90 Å². The van der Waals surface area contributed by atoms with Gasteiger partial charge in [0, 0.05) is 13.2 Å². The molecule has 1 amide bonds. The van der Waals surface area contributed by atoms with E-state index in [1.165, 1.54) is 6.42 Å². The van der Waals surface area contributed by atoms with E-state index in [4.69, 9.17) is 15.2 Å². The van der Waals surface area contributed by atoms with Crippen LogP contribution in [0.5, 0.6) is 0 Å². The van der Waals surface area contributed by atoms with E-state index in [1.807, 2.05) is 0 Å². The molecule has 5 nitrogen and oxygen atoms in total. The Bertz CT molecular complexity index is 229. The summed E-state index contributed by atoms with van der Waals surface area (Å²) in [5, 5.41) is 0. The van der Waals surface area contributed by atoms with Crippen molar-refractivity contribution >= 4 is 6.09 Å². The molecule has 86 valence electrons. The van der Waals surface area contributed by atoms with Crippen molar-refractivity contribution in [2.75, 3.05) is 26.3 Å². The van der Waals surface area contributed by atoms with Crippen molar-refractivity contribution in [3.63, 3.8) is 0 Å². The number of hydrogen-bond donors (Lipinski definition) is 1. The summed E-state index contributed by atoms with van der Waals surface area (Å²) >= 11 is 0. The molecule has 5 heteroatoms. The van der Waals surface area contributed by atoms with E-state index >= 15 is 0 Å². The Morgan fingerprint density at radius 2 is 2.33 bits per heavy atom. The lowest BCUT2D eigenvalue weighted by atomic mass is 10.1. The van der Waals surface area contributed by atoms with Gasteiger partial charge in [0.1, 0.15) is 6.61 Å². The van der Waals surface area contributed by atoms with Crippen LogP contribution in [0.15, 0.2) is 0 Å². The molecular formula is C10H18N2O3. The molecule has 2 N–H and O–H groups in total. The van der Waals surface area contributed by atoms with Gasteiger partial charge in [-0.15, -0.1) is 0 Å². The molecule has 2 atom stereocenters. The van der Waals surface area contributed by atoms with Crippen molar-refractivity contribution in [3.8, 4) is 0 Å². The van der Waals surface area contributed by atoms with Gasteiger partial charge in [0.25, 0.3) is 0 Å². The number of carbonyl (C=O) groups is 1. The van der Waals surface area contributed by atoms with Crippen LogP contribution in [-0.4, -0.2) is 49.4 Å². The molecular weight excluding hydrogens is 196 g/mol. The number of carbonyl (C=O) groups excluding carboxylic acids is 1. The van der Waals surface area contributed by atoms with E-state index in [9.17, 15) is 4.79 Å². The smallest absolute Gasteiger partial charge is 0.410 e. The van der Waals surface area contributed by atoms with Crippen molar-refractivity contribution in [2.24, 2.45) is 5.73 Å². The Morgan fingerprint density at radius 3 is 3.00 bits per heavy atom. The Balaban J connectivity index is 1.88. The van der Waals surface area contributed by atoms with Gasteiger partial charge in [-0.05, 0) is 19.3 Å². The topological polar surface area (TPSA) is 64.8 Å². The van der Waals surface area contributed by atoms with E-state index in [1.54, 1.807) is 4.90 Å². The van der Waals surface area contributed by atoms with E-state index in [2.05, 4.69) is 0 Å². The Kier molecular flexibility index (Phi) is 3.43. The number of cyclic esters (lactones) is 1. The van der Waals surface area contributed by atoms with Gasteiger partial charge in [0.05, 0.1) is 18.7 Å². The highest BCUT2D eigenvalue weighted by atomic mass is 16.6. The number of nitrogens with zero attached hydrogens (tertiary/aromatic N) is 1. The number of ether oxygens (including phenoxy) is 2. The maximum Gasteiger partial charge on any atom is 0.410 e. The normalized spacial score (nSPS) is 31.8. The van der Waals surface area contributed by atoms with Crippen LogP contribution in [0, 0.1) is 0 Å². The fourth-order valence-electron chi connectivity index (χ4n) is 2.08. The molecule has 0 radical (unpaired) electrons. The Hall–Kier alpha value is -0.810. The first-order valence-electron chi connectivity index (χ1n) is 5.56. The molecule has 0 saturated carbocycles. The average Bonchev–Trinajstić information content (AvgIpc) is 2.62. The fraction of sp³-hybridized carbons (Fsp3) is 0.900. The molecule has 0 aromatic carbocycles. The highest BCUT2D eigenvalue weighted by molar-refractivity contribution is 5.70. The summed E-state index contributed by atoms with van der Waals surface area (Å²) < 4.78 is 10.6. The first-order chi connectivity index (χ1) is 7.31. The molecule has 0 aliphatic carbocycles. The van der Waals surface area contributed by atoms with Gasteiger partial charge in [-0.25, -0.2) is 4.79 Å². The van der Waals surface area contributed by atoms with E-state index < -0.39 is 0 Å². The standard InChI is InChI=1S/C10H18N2O3/c11-5-8-7-15-10(13)12(8)6-9-3-1-2-4-14-9/h8-9H,1-7,11H2. The molecule has 0 aromatic heterocycles. The second-order valence-electron chi connectivity index (χ2n) is 4.11. The van der Waals surface area contributed by atoms with Crippen LogP contribution in [0.4, 0.5) is 4.79 Å². The predicted octanol–water partition coefficient (Wildman–Crippen LogP) is 0.335. The van der Waals surface area contributed by atoms with Crippen LogP contribution in [0.3, 0.4) is 0 Å². The second kappa shape index (κ2) is 4.81. The number of hydrogen-bond acceptors (Lipinski definition) is 4. The number of nitrogens with two attached hydrogens (primary N) is 1. The lowest BCUT2D eigenvalue weighted by Crippen LogP contribution is -2.44. The zero-order valence-electron chi connectivity index (χ0n) is 8.85. The first kappa shape index (κ1) is 10.7. The number of rotatable bonds is 3. The summed E-state index contributed by atoms with van der Waals surface area (Å²) in [6.45, 7) is 2.31. The maximum atomic E-state index is 11.4. The summed E-state index contributed by atoms with van der Waals surface area (Å²) in [4.78, 5) is 13.1. The summed E-state index contributed by atoms with van der Waals surface area (Å²) in [7, 11) is 0. The van der Waals surface area contributed by atoms with Crippen LogP contribution >= 0.6 is 0 Å². The predicted molar refractivity (Wildman–Crippen MR) is 54.5 cm³/mol. The second-order valence-corrected chi connectivity index (χ2v) is 4.11. The molecule has 0 spiro atoms. The fourth-order valence-corrected chi connectivity index (χ4v) is 2.08. The molecule has 0 bridgehead atoms. The summed E-state index contributed by atoms with van der Waals surface area (Å²) in [6, 6.07) is 0.0306. The minimum atomic E-state index is -0.250. The molecule has 2 fully saturated rings. The van der Waals surface area contributed by atoms with Crippen molar-refractivity contribution in [3.05, 3.63) is 0 Å². The van der Waals surface area contributed by atoms with Gasteiger partial charge in [-0.2, -0.15) is 0 Å². The summed E-state index contributed by atoms with van der Waals surface area (Å²) in [6.07, 6.45) is 3.25. The maximum absolute atomic E-state index is 11.4. The molecule has 2 heterocycles. The van der Waals surface area contributed by atoms with Crippen LogP contribution in [-0.2, 0) is 9.47 Å². The zero-order valence-corrected chi connectivity index (χ0v) is 8.85. The molecule has 2 aliphatic heterocycles. The summed E-state index contributed by atoms with van der Waals surface area (Å²) in [5.74, 6) is 0.